The second kappa shape index (κ2) is 5.33. The predicted octanol–water partition coefficient (Wildman–Crippen LogP) is 2.58. The molecule has 0 radical (unpaired) electrons. The normalized spacial score (nSPS) is 12.6. The first-order valence-corrected chi connectivity index (χ1v) is 6.52. The molecule has 5 heteroatoms. The van der Waals surface area contributed by atoms with E-state index >= 15 is 0 Å². The maximum Gasteiger partial charge on any atom is 0.149 e. The van der Waals surface area contributed by atoms with Crippen LogP contribution in [0.3, 0.4) is 0 Å². The van der Waals surface area contributed by atoms with Gasteiger partial charge in [-0.05, 0) is 32.5 Å². The molecule has 0 aromatic carbocycles. The van der Waals surface area contributed by atoms with Gasteiger partial charge in [0.2, 0.25) is 0 Å². The minimum atomic E-state index is 0.253. The van der Waals surface area contributed by atoms with E-state index in [1.165, 1.54) is 0 Å². The van der Waals surface area contributed by atoms with E-state index in [0.29, 0.717) is 0 Å². The second-order valence-corrected chi connectivity index (χ2v) is 4.87. The molecule has 90 valence electrons. The molecule has 1 N–H and O–H groups in total. The fraction of sp³-hybridized carbons (Fsp3) is 0.417. The third-order valence-corrected chi connectivity index (χ3v) is 3.70. The average molecular weight is 248 g/mol. The highest BCUT2D eigenvalue weighted by Gasteiger charge is 2.13. The molecular formula is C12H16N4S. The van der Waals surface area contributed by atoms with E-state index in [1.54, 1.807) is 17.5 Å². The number of rotatable bonds is 4. The zero-order valence-corrected chi connectivity index (χ0v) is 11.1. The Morgan fingerprint density at radius 1 is 1.41 bits per heavy atom. The van der Waals surface area contributed by atoms with E-state index in [9.17, 15) is 0 Å². The number of aromatic nitrogens is 3. The lowest BCUT2D eigenvalue weighted by Crippen LogP contribution is -2.17. The summed E-state index contributed by atoms with van der Waals surface area (Å²) < 4.78 is 0. The molecule has 0 aliphatic carbocycles. The molecule has 0 aliphatic rings. The van der Waals surface area contributed by atoms with Gasteiger partial charge in [0.05, 0.1) is 6.04 Å². The van der Waals surface area contributed by atoms with Crippen molar-refractivity contribution in [2.45, 2.75) is 26.8 Å². The molecule has 4 nitrogen and oxygen atoms in total. The van der Waals surface area contributed by atoms with Crippen LogP contribution in [-0.4, -0.2) is 21.7 Å². The highest BCUT2D eigenvalue weighted by atomic mass is 32.1. The molecule has 0 saturated carbocycles. The van der Waals surface area contributed by atoms with Crippen LogP contribution in [0.25, 0.3) is 10.6 Å². The average Bonchev–Trinajstić information content (AvgIpc) is 2.79. The monoisotopic (exact) mass is 248 g/mol. The maximum absolute atomic E-state index is 4.27. The standard InChI is InChI=1S/C12H16N4S/c1-4-13-9(3)11-15-16-12(17-11)10-6-5-7-14-8(10)2/h5-7,9,13H,4H2,1-3H3. The van der Waals surface area contributed by atoms with Crippen molar-refractivity contribution in [2.75, 3.05) is 6.54 Å². The van der Waals surface area contributed by atoms with Gasteiger partial charge in [0.1, 0.15) is 10.0 Å². The third kappa shape index (κ3) is 2.68. The summed E-state index contributed by atoms with van der Waals surface area (Å²) in [5, 5.41) is 13.8. The van der Waals surface area contributed by atoms with Crippen LogP contribution in [0.5, 0.6) is 0 Å². The summed E-state index contributed by atoms with van der Waals surface area (Å²) in [5.41, 5.74) is 2.06. The molecular weight excluding hydrogens is 232 g/mol. The summed E-state index contributed by atoms with van der Waals surface area (Å²) in [6.45, 7) is 7.11. The van der Waals surface area contributed by atoms with E-state index in [0.717, 1.165) is 27.8 Å². The van der Waals surface area contributed by atoms with Crippen molar-refractivity contribution in [3.63, 3.8) is 0 Å². The zero-order valence-electron chi connectivity index (χ0n) is 10.3. The Morgan fingerprint density at radius 3 is 2.94 bits per heavy atom. The molecule has 2 rings (SSSR count). The number of nitrogens with zero attached hydrogens (tertiary/aromatic N) is 3. The van der Waals surface area contributed by atoms with E-state index < -0.39 is 0 Å². The van der Waals surface area contributed by atoms with Gasteiger partial charge in [-0.3, -0.25) is 4.98 Å². The Morgan fingerprint density at radius 2 is 2.24 bits per heavy atom. The SMILES string of the molecule is CCNC(C)c1nnc(-c2cccnc2C)s1. The highest BCUT2D eigenvalue weighted by molar-refractivity contribution is 7.14. The first-order chi connectivity index (χ1) is 8.22. The summed E-state index contributed by atoms with van der Waals surface area (Å²) >= 11 is 1.62. The minimum Gasteiger partial charge on any atom is -0.308 e. The quantitative estimate of drug-likeness (QED) is 0.903. The Bertz CT molecular complexity index is 495. The molecule has 0 saturated heterocycles. The van der Waals surface area contributed by atoms with E-state index in [4.69, 9.17) is 0 Å². The van der Waals surface area contributed by atoms with Gasteiger partial charge in [0.25, 0.3) is 0 Å². The largest absolute Gasteiger partial charge is 0.308 e. The van der Waals surface area contributed by atoms with Crippen LogP contribution in [-0.2, 0) is 0 Å². The van der Waals surface area contributed by atoms with Gasteiger partial charge in [-0.1, -0.05) is 18.3 Å². The van der Waals surface area contributed by atoms with Crippen LogP contribution in [0.2, 0.25) is 0 Å². The lowest BCUT2D eigenvalue weighted by Gasteiger charge is -2.06. The van der Waals surface area contributed by atoms with Crippen LogP contribution in [0.4, 0.5) is 0 Å². The summed E-state index contributed by atoms with van der Waals surface area (Å²) in [5.74, 6) is 0. The van der Waals surface area contributed by atoms with E-state index in [2.05, 4.69) is 34.3 Å². The molecule has 0 amide bonds. The van der Waals surface area contributed by atoms with Crippen LogP contribution >= 0.6 is 11.3 Å². The van der Waals surface area contributed by atoms with Crippen LogP contribution in [0.15, 0.2) is 18.3 Å². The Balaban J connectivity index is 2.27. The van der Waals surface area contributed by atoms with Crippen LogP contribution < -0.4 is 5.32 Å². The third-order valence-electron chi connectivity index (χ3n) is 2.56. The molecule has 0 spiro atoms. The number of aryl methyl sites for hydroxylation is 1. The lowest BCUT2D eigenvalue weighted by atomic mass is 10.2. The second-order valence-electron chi connectivity index (χ2n) is 3.86. The molecule has 2 aromatic heterocycles. The molecule has 0 fully saturated rings. The van der Waals surface area contributed by atoms with Gasteiger partial charge in [-0.15, -0.1) is 10.2 Å². The van der Waals surface area contributed by atoms with Gasteiger partial charge in [0, 0.05) is 17.5 Å². The van der Waals surface area contributed by atoms with Crippen molar-refractivity contribution in [1.82, 2.24) is 20.5 Å². The highest BCUT2D eigenvalue weighted by Crippen LogP contribution is 2.27. The summed E-state index contributed by atoms with van der Waals surface area (Å²) in [7, 11) is 0. The zero-order chi connectivity index (χ0) is 12.3. The van der Waals surface area contributed by atoms with Gasteiger partial charge in [0.15, 0.2) is 0 Å². The van der Waals surface area contributed by atoms with Gasteiger partial charge in [-0.2, -0.15) is 0 Å². The van der Waals surface area contributed by atoms with Crippen molar-refractivity contribution in [1.29, 1.82) is 0 Å². The Labute approximate surface area is 105 Å². The molecule has 2 aromatic rings. The van der Waals surface area contributed by atoms with Crippen molar-refractivity contribution in [3.05, 3.63) is 29.0 Å². The van der Waals surface area contributed by atoms with Crippen molar-refractivity contribution >= 4 is 11.3 Å². The molecule has 2 heterocycles. The summed E-state index contributed by atoms with van der Waals surface area (Å²) in [6.07, 6.45) is 1.79. The van der Waals surface area contributed by atoms with Crippen LogP contribution in [0, 0.1) is 6.92 Å². The molecule has 1 atom stereocenters. The summed E-state index contributed by atoms with van der Waals surface area (Å²) in [4.78, 5) is 4.27. The summed E-state index contributed by atoms with van der Waals surface area (Å²) in [6, 6.07) is 4.21. The van der Waals surface area contributed by atoms with Crippen molar-refractivity contribution < 1.29 is 0 Å². The first kappa shape index (κ1) is 12.1. The number of hydrogen-bond acceptors (Lipinski definition) is 5. The Kier molecular flexibility index (Phi) is 3.81. The molecule has 0 aliphatic heterocycles. The van der Waals surface area contributed by atoms with Gasteiger partial charge >= 0.3 is 0 Å². The predicted molar refractivity (Wildman–Crippen MR) is 70.0 cm³/mol. The lowest BCUT2D eigenvalue weighted by molar-refractivity contribution is 0.590. The van der Waals surface area contributed by atoms with E-state index in [1.807, 2.05) is 19.1 Å². The van der Waals surface area contributed by atoms with Gasteiger partial charge < -0.3 is 5.32 Å². The molecule has 17 heavy (non-hydrogen) atoms. The molecule has 1 unspecified atom stereocenters. The molecule has 0 bridgehead atoms. The number of nitrogens with one attached hydrogen (secondary N) is 1. The Hall–Kier alpha value is -1.33. The first-order valence-electron chi connectivity index (χ1n) is 5.71. The fourth-order valence-electron chi connectivity index (χ4n) is 1.62. The smallest absolute Gasteiger partial charge is 0.149 e. The van der Waals surface area contributed by atoms with Gasteiger partial charge in [-0.25, -0.2) is 0 Å². The van der Waals surface area contributed by atoms with Crippen LogP contribution in [0.1, 0.15) is 30.6 Å². The number of hydrogen-bond donors (Lipinski definition) is 1. The van der Waals surface area contributed by atoms with Crippen molar-refractivity contribution in [3.8, 4) is 10.6 Å². The topological polar surface area (TPSA) is 50.7 Å². The van der Waals surface area contributed by atoms with Crippen molar-refractivity contribution in [2.24, 2.45) is 0 Å². The minimum absolute atomic E-state index is 0.253. The fourth-order valence-corrected chi connectivity index (χ4v) is 2.57. The number of pyridine rings is 1. The van der Waals surface area contributed by atoms with E-state index in [-0.39, 0.29) is 6.04 Å². The maximum atomic E-state index is 4.27.